The Labute approximate surface area is 191 Å². The minimum atomic E-state index is -0.136. The van der Waals surface area contributed by atoms with Crippen molar-refractivity contribution in [3.63, 3.8) is 0 Å². The lowest BCUT2D eigenvalue weighted by molar-refractivity contribution is -0.138. The molecule has 8 nitrogen and oxygen atoms in total. The number of piperidine rings is 1. The maximum atomic E-state index is 13.2. The Kier molecular flexibility index (Phi) is 6.90. The van der Waals surface area contributed by atoms with Gasteiger partial charge in [0.25, 0.3) is 11.8 Å². The van der Waals surface area contributed by atoms with E-state index in [1.165, 1.54) is 6.26 Å². The number of likely N-dealkylation sites (tertiary alicyclic amines) is 1. The van der Waals surface area contributed by atoms with Crippen molar-refractivity contribution >= 4 is 23.4 Å². The SMILES string of the molecule is CCCN(Cc1nnc(-c2ccco2)o1)C(=O)C1CCN(C(=O)c2ccc(Cl)cc2)CC1. The van der Waals surface area contributed by atoms with Crippen LogP contribution in [0.2, 0.25) is 5.02 Å². The number of rotatable bonds is 7. The molecule has 0 spiro atoms. The number of benzene rings is 1. The summed E-state index contributed by atoms with van der Waals surface area (Å²) in [6, 6.07) is 10.4. The van der Waals surface area contributed by atoms with Crippen LogP contribution in [0.25, 0.3) is 11.7 Å². The smallest absolute Gasteiger partial charge is 0.283 e. The molecule has 1 saturated heterocycles. The molecule has 1 aliphatic heterocycles. The van der Waals surface area contributed by atoms with Crippen LogP contribution >= 0.6 is 11.6 Å². The standard InChI is InChI=1S/C23H25ClN4O4/c1-2-11-28(15-20-25-26-21(32-20)19-4-3-14-31-19)23(30)17-9-12-27(13-10-17)22(29)16-5-7-18(24)8-6-16/h3-8,14,17H,2,9-13,15H2,1H3. The zero-order valence-corrected chi connectivity index (χ0v) is 18.6. The Morgan fingerprint density at radius 3 is 2.56 bits per heavy atom. The highest BCUT2D eigenvalue weighted by molar-refractivity contribution is 6.30. The minimum Gasteiger partial charge on any atom is -0.459 e. The van der Waals surface area contributed by atoms with Crippen molar-refractivity contribution in [3.8, 4) is 11.7 Å². The van der Waals surface area contributed by atoms with Crippen LogP contribution in [-0.2, 0) is 11.3 Å². The second kappa shape index (κ2) is 9.99. The normalized spacial score (nSPS) is 14.5. The van der Waals surface area contributed by atoms with Crippen molar-refractivity contribution < 1.29 is 18.4 Å². The molecule has 168 valence electrons. The summed E-state index contributed by atoms with van der Waals surface area (Å²) in [7, 11) is 0. The lowest BCUT2D eigenvalue weighted by Crippen LogP contribution is -2.44. The Bertz CT molecular complexity index is 1040. The van der Waals surface area contributed by atoms with E-state index in [-0.39, 0.29) is 24.3 Å². The van der Waals surface area contributed by atoms with Gasteiger partial charge in [-0.1, -0.05) is 18.5 Å². The molecule has 1 aliphatic rings. The number of aromatic nitrogens is 2. The number of amides is 2. The fraction of sp³-hybridized carbons (Fsp3) is 0.391. The first kappa shape index (κ1) is 22.1. The van der Waals surface area contributed by atoms with Crippen LogP contribution in [0.5, 0.6) is 0 Å². The molecule has 2 amide bonds. The van der Waals surface area contributed by atoms with E-state index in [1.54, 1.807) is 46.2 Å². The zero-order chi connectivity index (χ0) is 22.5. The fourth-order valence-electron chi connectivity index (χ4n) is 3.88. The molecular formula is C23H25ClN4O4. The minimum absolute atomic E-state index is 0.0331. The summed E-state index contributed by atoms with van der Waals surface area (Å²) in [6.07, 6.45) is 3.61. The van der Waals surface area contributed by atoms with E-state index in [4.69, 9.17) is 20.4 Å². The molecule has 0 radical (unpaired) electrons. The average molecular weight is 457 g/mol. The van der Waals surface area contributed by atoms with E-state index in [0.717, 1.165) is 6.42 Å². The highest BCUT2D eigenvalue weighted by Gasteiger charge is 2.31. The molecule has 0 bridgehead atoms. The molecule has 4 rings (SSSR count). The van der Waals surface area contributed by atoms with Crippen molar-refractivity contribution in [2.24, 2.45) is 5.92 Å². The van der Waals surface area contributed by atoms with Crippen LogP contribution in [-0.4, -0.2) is 51.4 Å². The highest BCUT2D eigenvalue weighted by atomic mass is 35.5. The van der Waals surface area contributed by atoms with Gasteiger partial charge in [-0.15, -0.1) is 10.2 Å². The third kappa shape index (κ3) is 5.02. The van der Waals surface area contributed by atoms with Gasteiger partial charge in [-0.2, -0.15) is 0 Å². The summed E-state index contributed by atoms with van der Waals surface area (Å²) in [5, 5.41) is 8.67. The second-order valence-corrected chi connectivity index (χ2v) is 8.25. The molecule has 3 aromatic rings. The summed E-state index contributed by atoms with van der Waals surface area (Å²) in [4.78, 5) is 29.5. The second-order valence-electron chi connectivity index (χ2n) is 7.81. The Morgan fingerprint density at radius 1 is 1.16 bits per heavy atom. The van der Waals surface area contributed by atoms with Crippen molar-refractivity contribution in [3.05, 3.63) is 59.1 Å². The monoisotopic (exact) mass is 456 g/mol. The fourth-order valence-corrected chi connectivity index (χ4v) is 4.01. The van der Waals surface area contributed by atoms with Crippen LogP contribution in [0.4, 0.5) is 0 Å². The molecular weight excluding hydrogens is 432 g/mol. The van der Waals surface area contributed by atoms with Gasteiger partial charge in [-0.25, -0.2) is 0 Å². The molecule has 0 aliphatic carbocycles. The molecule has 1 fully saturated rings. The van der Waals surface area contributed by atoms with Gasteiger partial charge in [0.15, 0.2) is 5.76 Å². The third-order valence-corrected chi connectivity index (χ3v) is 5.80. The first-order valence-electron chi connectivity index (χ1n) is 10.7. The van der Waals surface area contributed by atoms with E-state index in [1.807, 2.05) is 6.92 Å². The number of nitrogens with zero attached hydrogens (tertiary/aromatic N) is 4. The van der Waals surface area contributed by atoms with Crippen molar-refractivity contribution in [2.45, 2.75) is 32.7 Å². The van der Waals surface area contributed by atoms with Gasteiger partial charge in [0.1, 0.15) is 0 Å². The van der Waals surface area contributed by atoms with E-state index in [9.17, 15) is 9.59 Å². The van der Waals surface area contributed by atoms with Gasteiger partial charge in [0, 0.05) is 36.1 Å². The summed E-state index contributed by atoms with van der Waals surface area (Å²) >= 11 is 5.91. The zero-order valence-electron chi connectivity index (χ0n) is 17.9. The maximum Gasteiger partial charge on any atom is 0.283 e. The Hall–Kier alpha value is -3.13. The number of carbonyl (C=O) groups excluding carboxylic acids is 2. The van der Waals surface area contributed by atoms with Crippen LogP contribution in [0, 0.1) is 5.92 Å². The molecule has 0 saturated carbocycles. The highest BCUT2D eigenvalue weighted by Crippen LogP contribution is 2.24. The molecule has 2 aromatic heterocycles. The number of furan rings is 1. The number of halogens is 1. The molecule has 9 heteroatoms. The van der Waals surface area contributed by atoms with Crippen molar-refractivity contribution in [1.82, 2.24) is 20.0 Å². The number of hydrogen-bond acceptors (Lipinski definition) is 6. The first-order valence-corrected chi connectivity index (χ1v) is 11.1. The molecule has 0 unspecified atom stereocenters. The molecule has 1 aromatic carbocycles. The van der Waals surface area contributed by atoms with Crippen molar-refractivity contribution in [1.29, 1.82) is 0 Å². The van der Waals surface area contributed by atoms with Crippen LogP contribution in [0.15, 0.2) is 51.5 Å². The number of carbonyl (C=O) groups is 2. The van der Waals surface area contributed by atoms with E-state index < -0.39 is 0 Å². The van der Waals surface area contributed by atoms with Gasteiger partial charge in [-0.3, -0.25) is 9.59 Å². The van der Waals surface area contributed by atoms with Gasteiger partial charge in [0.05, 0.1) is 12.8 Å². The van der Waals surface area contributed by atoms with E-state index in [0.29, 0.717) is 60.6 Å². The van der Waals surface area contributed by atoms with E-state index >= 15 is 0 Å². The van der Waals surface area contributed by atoms with Crippen LogP contribution in [0.3, 0.4) is 0 Å². The maximum absolute atomic E-state index is 13.2. The summed E-state index contributed by atoms with van der Waals surface area (Å²) < 4.78 is 11.0. The van der Waals surface area contributed by atoms with Crippen molar-refractivity contribution in [2.75, 3.05) is 19.6 Å². The molecule has 3 heterocycles. The summed E-state index contributed by atoms with van der Waals surface area (Å²) in [6.45, 7) is 3.96. The summed E-state index contributed by atoms with van der Waals surface area (Å²) in [5.41, 5.74) is 0.607. The predicted molar refractivity (Wildman–Crippen MR) is 118 cm³/mol. The molecule has 0 atom stereocenters. The van der Waals surface area contributed by atoms with Gasteiger partial charge >= 0.3 is 0 Å². The largest absolute Gasteiger partial charge is 0.459 e. The third-order valence-electron chi connectivity index (χ3n) is 5.55. The molecule has 0 N–H and O–H groups in total. The number of hydrogen-bond donors (Lipinski definition) is 0. The lowest BCUT2D eigenvalue weighted by Gasteiger charge is -2.34. The van der Waals surface area contributed by atoms with E-state index in [2.05, 4.69) is 10.2 Å². The van der Waals surface area contributed by atoms with Gasteiger partial charge in [0.2, 0.25) is 11.8 Å². The predicted octanol–water partition coefficient (Wildman–Crippen LogP) is 4.27. The molecule has 32 heavy (non-hydrogen) atoms. The lowest BCUT2D eigenvalue weighted by atomic mass is 9.94. The Balaban J connectivity index is 1.36. The average Bonchev–Trinajstić information content (AvgIpc) is 3.51. The summed E-state index contributed by atoms with van der Waals surface area (Å²) in [5.74, 6) is 1.05. The van der Waals surface area contributed by atoms with Crippen LogP contribution < -0.4 is 0 Å². The topological polar surface area (TPSA) is 92.7 Å². The van der Waals surface area contributed by atoms with Gasteiger partial charge in [-0.05, 0) is 55.7 Å². The van der Waals surface area contributed by atoms with Gasteiger partial charge < -0.3 is 18.6 Å². The first-order chi connectivity index (χ1) is 15.5. The van der Waals surface area contributed by atoms with Crippen LogP contribution in [0.1, 0.15) is 42.4 Å². The Morgan fingerprint density at radius 2 is 1.91 bits per heavy atom. The quantitative estimate of drug-likeness (QED) is 0.527.